The number of hydrogen-bond acceptors (Lipinski definition) is 5. The van der Waals surface area contributed by atoms with E-state index in [1.165, 1.54) is 12.1 Å². The fraction of sp³-hybridized carbons (Fsp3) is 0.476. The number of carbonyl (C=O) groups is 1. The second-order valence-corrected chi connectivity index (χ2v) is 7.98. The molecule has 1 aromatic heterocycles. The van der Waals surface area contributed by atoms with Gasteiger partial charge in [-0.25, -0.2) is 9.97 Å². The lowest BCUT2D eigenvalue weighted by Gasteiger charge is -2.23. The van der Waals surface area contributed by atoms with E-state index < -0.39 is 11.6 Å². The molecule has 29 heavy (non-hydrogen) atoms. The van der Waals surface area contributed by atoms with Crippen LogP contribution >= 0.6 is 0 Å². The highest BCUT2D eigenvalue weighted by Gasteiger charge is 2.50. The normalized spacial score (nSPS) is 24.5. The predicted molar refractivity (Wildman–Crippen MR) is 104 cm³/mol. The Labute approximate surface area is 168 Å². The van der Waals surface area contributed by atoms with Gasteiger partial charge in [0.2, 0.25) is 5.91 Å². The van der Waals surface area contributed by atoms with Crippen LogP contribution in [0.4, 0.5) is 8.78 Å². The molecule has 2 saturated heterocycles. The molecule has 1 aromatic carbocycles. The summed E-state index contributed by atoms with van der Waals surface area (Å²) in [6, 6.07) is 8.16. The highest BCUT2D eigenvalue weighted by atomic mass is 19.3. The van der Waals surface area contributed by atoms with E-state index >= 15 is 0 Å². The molecule has 154 valence electrons. The molecule has 0 bridgehead atoms. The molecule has 1 amide bonds. The average Bonchev–Trinajstić information content (AvgIpc) is 3.21. The monoisotopic (exact) mass is 402 g/mol. The molecule has 6 nitrogen and oxygen atoms in total. The van der Waals surface area contributed by atoms with Gasteiger partial charge in [-0.05, 0) is 56.5 Å². The minimum atomic E-state index is -3.23. The van der Waals surface area contributed by atoms with E-state index in [9.17, 15) is 13.6 Å². The van der Waals surface area contributed by atoms with Crippen LogP contribution < -0.4 is 10.1 Å². The maximum Gasteiger partial charge on any atom is 0.394 e. The van der Waals surface area contributed by atoms with Gasteiger partial charge >= 0.3 is 6.11 Å². The maximum absolute atomic E-state index is 13.0. The fourth-order valence-electron chi connectivity index (χ4n) is 4.16. The molecule has 3 heterocycles. The molecule has 2 unspecified atom stereocenters. The number of aryl methyl sites for hydroxylation is 1. The van der Waals surface area contributed by atoms with Crippen molar-refractivity contribution in [1.82, 2.24) is 20.2 Å². The Morgan fingerprint density at radius 2 is 1.97 bits per heavy atom. The van der Waals surface area contributed by atoms with Gasteiger partial charge in [-0.1, -0.05) is 0 Å². The van der Waals surface area contributed by atoms with Crippen molar-refractivity contribution in [2.24, 2.45) is 0 Å². The number of rotatable bonds is 4. The van der Waals surface area contributed by atoms with Gasteiger partial charge in [0.15, 0.2) is 0 Å². The van der Waals surface area contributed by atoms with Crippen molar-refractivity contribution in [2.45, 2.75) is 50.8 Å². The molecule has 2 atom stereocenters. The Kier molecular flexibility index (Phi) is 4.77. The number of benzene rings is 1. The summed E-state index contributed by atoms with van der Waals surface area (Å²) in [6.07, 6.45) is -0.872. The first-order chi connectivity index (χ1) is 13.7. The van der Waals surface area contributed by atoms with Gasteiger partial charge in [-0.2, -0.15) is 8.78 Å². The number of nitrogens with one attached hydrogen (secondary N) is 1. The Balaban J connectivity index is 1.57. The number of carbonyl (C=O) groups excluding carboxylic acids is 1. The number of ether oxygens (including phenoxy) is 1. The number of nitrogens with zero attached hydrogens (tertiary/aromatic N) is 3. The lowest BCUT2D eigenvalue weighted by molar-refractivity contribution is -0.158. The quantitative estimate of drug-likeness (QED) is 0.848. The molecule has 1 spiro atoms. The summed E-state index contributed by atoms with van der Waals surface area (Å²) < 4.78 is 30.6. The van der Waals surface area contributed by atoms with Crippen molar-refractivity contribution in [3.05, 3.63) is 41.9 Å². The van der Waals surface area contributed by atoms with Crippen LogP contribution in [0.25, 0.3) is 11.3 Å². The molecule has 2 aliphatic rings. The topological polar surface area (TPSA) is 67.3 Å². The second-order valence-electron chi connectivity index (χ2n) is 7.98. The third kappa shape index (κ3) is 3.94. The van der Waals surface area contributed by atoms with Crippen LogP contribution in [0, 0.1) is 6.92 Å². The standard InChI is InChI=1S/C21H24F2N4O2/c1-13-12-17(14-4-6-15(7-5-14)29-20(2,22)23)25-18(24-13)16-8-9-21(26-16)10-11-27(3)19(21)28/h4-7,12,16,26H,8-11H2,1-3H3. The first kappa shape index (κ1) is 19.7. The molecule has 2 aliphatic heterocycles. The minimum absolute atomic E-state index is 0.0921. The molecule has 4 rings (SSSR count). The van der Waals surface area contributed by atoms with Gasteiger partial charge < -0.3 is 9.64 Å². The number of halogens is 2. The van der Waals surface area contributed by atoms with Crippen molar-refractivity contribution in [3.63, 3.8) is 0 Å². The smallest absolute Gasteiger partial charge is 0.394 e. The SMILES string of the molecule is Cc1cc(-c2ccc(OC(C)(F)F)cc2)nc(C2CCC3(CCN(C)C3=O)N2)n1. The van der Waals surface area contributed by atoms with Crippen LogP contribution in [-0.2, 0) is 4.79 Å². The first-order valence-corrected chi connectivity index (χ1v) is 9.71. The predicted octanol–water partition coefficient (Wildman–Crippen LogP) is 3.47. The zero-order chi connectivity index (χ0) is 20.8. The summed E-state index contributed by atoms with van der Waals surface area (Å²) in [6.45, 7) is 3.35. The van der Waals surface area contributed by atoms with Crippen LogP contribution in [0.15, 0.2) is 30.3 Å². The first-order valence-electron chi connectivity index (χ1n) is 9.71. The number of likely N-dealkylation sites (tertiary alicyclic amines) is 1. The van der Waals surface area contributed by atoms with E-state index in [4.69, 9.17) is 4.98 Å². The Bertz CT molecular complexity index is 929. The van der Waals surface area contributed by atoms with E-state index in [0.29, 0.717) is 18.4 Å². The van der Waals surface area contributed by atoms with Crippen LogP contribution in [0.3, 0.4) is 0 Å². The zero-order valence-corrected chi connectivity index (χ0v) is 16.7. The third-order valence-electron chi connectivity index (χ3n) is 5.57. The molecular formula is C21H24F2N4O2. The van der Waals surface area contributed by atoms with E-state index in [-0.39, 0.29) is 17.7 Å². The molecule has 0 radical (unpaired) electrons. The van der Waals surface area contributed by atoms with Gasteiger partial charge in [0.1, 0.15) is 17.1 Å². The summed E-state index contributed by atoms with van der Waals surface area (Å²) in [5, 5.41) is 3.48. The average molecular weight is 402 g/mol. The number of likely N-dealkylation sites (N-methyl/N-ethyl adjacent to an activating group) is 1. The second kappa shape index (κ2) is 7.02. The van der Waals surface area contributed by atoms with Crippen LogP contribution in [0.2, 0.25) is 0 Å². The number of hydrogen-bond donors (Lipinski definition) is 1. The van der Waals surface area contributed by atoms with E-state index in [1.54, 1.807) is 17.0 Å². The van der Waals surface area contributed by atoms with Crippen molar-refractivity contribution in [3.8, 4) is 17.0 Å². The fourth-order valence-corrected chi connectivity index (χ4v) is 4.16. The van der Waals surface area contributed by atoms with Crippen LogP contribution in [0.5, 0.6) is 5.75 Å². The number of alkyl halides is 2. The van der Waals surface area contributed by atoms with E-state index in [2.05, 4.69) is 15.0 Å². The van der Waals surface area contributed by atoms with Gasteiger partial charge in [-0.15, -0.1) is 0 Å². The van der Waals surface area contributed by atoms with Crippen LogP contribution in [-0.4, -0.2) is 46.0 Å². The maximum atomic E-state index is 13.0. The Morgan fingerprint density at radius 1 is 1.24 bits per heavy atom. The van der Waals surface area contributed by atoms with Gasteiger partial charge in [-0.3, -0.25) is 10.1 Å². The van der Waals surface area contributed by atoms with Gasteiger partial charge in [0, 0.05) is 31.8 Å². The summed E-state index contributed by atoms with van der Waals surface area (Å²) in [5.74, 6) is 0.881. The lowest BCUT2D eigenvalue weighted by atomic mass is 9.96. The summed E-state index contributed by atoms with van der Waals surface area (Å²) in [7, 11) is 1.83. The van der Waals surface area contributed by atoms with Crippen molar-refractivity contribution in [2.75, 3.05) is 13.6 Å². The van der Waals surface area contributed by atoms with Gasteiger partial charge in [0.05, 0.1) is 11.7 Å². The molecule has 1 N–H and O–H groups in total. The summed E-state index contributed by atoms with van der Waals surface area (Å²) in [4.78, 5) is 23.6. The Hall–Kier alpha value is -2.61. The molecule has 2 fully saturated rings. The highest BCUT2D eigenvalue weighted by Crippen LogP contribution is 2.38. The summed E-state index contributed by atoms with van der Waals surface area (Å²) in [5.41, 5.74) is 1.80. The molecule has 0 saturated carbocycles. The molecule has 2 aromatic rings. The lowest BCUT2D eigenvalue weighted by Crippen LogP contribution is -2.47. The molecule has 0 aliphatic carbocycles. The largest absolute Gasteiger partial charge is 0.433 e. The number of amides is 1. The van der Waals surface area contributed by atoms with Crippen LogP contribution in [0.1, 0.15) is 43.7 Å². The van der Waals surface area contributed by atoms with Crippen molar-refractivity contribution >= 4 is 5.91 Å². The Morgan fingerprint density at radius 3 is 2.59 bits per heavy atom. The van der Waals surface area contributed by atoms with E-state index in [1.807, 2.05) is 20.0 Å². The molecular weight excluding hydrogens is 378 g/mol. The third-order valence-corrected chi connectivity index (χ3v) is 5.57. The summed E-state index contributed by atoms with van der Waals surface area (Å²) >= 11 is 0. The molecule has 8 heteroatoms. The van der Waals surface area contributed by atoms with Gasteiger partial charge in [0.25, 0.3) is 0 Å². The minimum Gasteiger partial charge on any atom is -0.433 e. The highest BCUT2D eigenvalue weighted by molar-refractivity contribution is 5.88. The van der Waals surface area contributed by atoms with Crippen molar-refractivity contribution in [1.29, 1.82) is 0 Å². The van der Waals surface area contributed by atoms with E-state index in [0.717, 1.165) is 37.1 Å². The zero-order valence-electron chi connectivity index (χ0n) is 16.7. The number of aromatic nitrogens is 2. The van der Waals surface area contributed by atoms with Crippen molar-refractivity contribution < 1.29 is 18.3 Å².